The van der Waals surface area contributed by atoms with E-state index < -0.39 is 16.8 Å². The molecule has 2 bridgehead atoms. The summed E-state index contributed by atoms with van der Waals surface area (Å²) in [6, 6.07) is 26.3. The maximum Gasteiger partial charge on any atom is 0.312 e. The van der Waals surface area contributed by atoms with Gasteiger partial charge in [-0.15, -0.1) is 11.3 Å². The Balaban J connectivity index is 1.39. The third-order valence-corrected chi connectivity index (χ3v) is 10.9. The number of aliphatic carboxylic acids is 1. The first-order valence-electron chi connectivity index (χ1n) is 13.3. The fourth-order valence-electron chi connectivity index (χ4n) is 7.94. The Kier molecular flexibility index (Phi) is 5.30. The van der Waals surface area contributed by atoms with Crippen molar-refractivity contribution in [3.05, 3.63) is 107 Å². The first kappa shape index (κ1) is 24.2. The molecule has 3 aliphatic carbocycles. The second-order valence-electron chi connectivity index (χ2n) is 11.1. The van der Waals surface area contributed by atoms with Gasteiger partial charge in [-0.05, 0) is 47.6 Å². The molecule has 1 aliphatic heterocycles. The minimum absolute atomic E-state index is 0.148. The van der Waals surface area contributed by atoms with Crippen LogP contribution in [0.2, 0.25) is 0 Å². The van der Waals surface area contributed by atoms with Crippen molar-refractivity contribution in [3.63, 3.8) is 0 Å². The summed E-state index contributed by atoms with van der Waals surface area (Å²) in [6.45, 7) is 4.69. The molecule has 3 aromatic carbocycles. The largest absolute Gasteiger partial charge is 0.496 e. The van der Waals surface area contributed by atoms with Crippen molar-refractivity contribution in [2.75, 3.05) is 20.2 Å². The molecule has 1 aromatic heterocycles. The van der Waals surface area contributed by atoms with E-state index in [-0.39, 0.29) is 24.3 Å². The van der Waals surface area contributed by atoms with Crippen LogP contribution in [0.5, 0.6) is 5.75 Å². The van der Waals surface area contributed by atoms with E-state index in [2.05, 4.69) is 43.0 Å². The Hall–Kier alpha value is -3.90. The van der Waals surface area contributed by atoms with Gasteiger partial charge in [0.2, 0.25) is 0 Å². The number of fused-ring (bicyclic) bond motifs is 2. The van der Waals surface area contributed by atoms with Gasteiger partial charge < -0.3 is 14.7 Å². The maximum absolute atomic E-state index is 14.0. The molecule has 8 rings (SSSR count). The smallest absolute Gasteiger partial charge is 0.312 e. The molecule has 196 valence electrons. The number of likely N-dealkylation sites (tertiary alicyclic amines) is 1. The standard InChI is InChI=1S/C33H29NO4S/c1-20(22-10-5-7-13-26(22)38-2)30(35)34-18-28-32(29-17-21-9-3-8-14-27(21)39-29)16-15-25(33(28,19-34)31(36)37)23-11-4-6-12-24(23)32/h3-14,17,25,28H,1,15-16,18-19H2,2H3,(H,36,37)/t25-,28+,32-,33+/m1/s1. The van der Waals surface area contributed by atoms with Gasteiger partial charge in [-0.25, -0.2) is 0 Å². The fraction of sp³-hybridized carbons (Fsp3) is 0.273. The van der Waals surface area contributed by atoms with E-state index in [4.69, 9.17) is 4.74 Å². The van der Waals surface area contributed by atoms with Gasteiger partial charge in [0, 0.05) is 51.1 Å². The van der Waals surface area contributed by atoms with Gasteiger partial charge >= 0.3 is 5.97 Å². The summed E-state index contributed by atoms with van der Waals surface area (Å²) in [7, 11) is 1.57. The zero-order chi connectivity index (χ0) is 26.9. The first-order valence-corrected chi connectivity index (χ1v) is 14.2. The lowest BCUT2D eigenvalue weighted by molar-refractivity contribution is -0.157. The maximum atomic E-state index is 14.0. The van der Waals surface area contributed by atoms with Crippen molar-refractivity contribution < 1.29 is 19.4 Å². The number of carboxylic acids is 1. The zero-order valence-electron chi connectivity index (χ0n) is 21.7. The molecule has 4 aliphatic rings. The average molecular weight is 536 g/mol. The molecule has 1 saturated carbocycles. The lowest BCUT2D eigenvalue weighted by Crippen LogP contribution is -2.60. The van der Waals surface area contributed by atoms with Crippen LogP contribution < -0.4 is 4.74 Å². The zero-order valence-corrected chi connectivity index (χ0v) is 22.5. The van der Waals surface area contributed by atoms with Gasteiger partial charge in [0.15, 0.2) is 0 Å². The average Bonchev–Trinajstić information content (AvgIpc) is 3.61. The fourth-order valence-corrected chi connectivity index (χ4v) is 9.29. The van der Waals surface area contributed by atoms with Gasteiger partial charge in [-0.2, -0.15) is 0 Å². The minimum atomic E-state index is -1.07. The van der Waals surface area contributed by atoms with Gasteiger partial charge in [0.05, 0.1) is 12.5 Å². The van der Waals surface area contributed by atoms with Crippen molar-refractivity contribution in [2.45, 2.75) is 24.2 Å². The predicted molar refractivity (Wildman–Crippen MR) is 153 cm³/mol. The van der Waals surface area contributed by atoms with E-state index >= 15 is 0 Å². The molecule has 1 amide bonds. The van der Waals surface area contributed by atoms with E-state index in [0.717, 1.165) is 18.4 Å². The molecular weight excluding hydrogens is 506 g/mol. The summed E-state index contributed by atoms with van der Waals surface area (Å²) in [5.74, 6) is -0.863. The highest BCUT2D eigenvalue weighted by atomic mass is 32.1. The highest BCUT2D eigenvalue weighted by molar-refractivity contribution is 7.19. The second-order valence-corrected chi connectivity index (χ2v) is 12.1. The molecular formula is C33H29NO4S. The first-order chi connectivity index (χ1) is 18.9. The molecule has 2 heterocycles. The van der Waals surface area contributed by atoms with Crippen LogP contribution in [-0.2, 0) is 15.0 Å². The molecule has 2 fully saturated rings. The van der Waals surface area contributed by atoms with Crippen molar-refractivity contribution in [3.8, 4) is 5.75 Å². The number of carbonyl (C=O) groups is 2. The summed E-state index contributed by atoms with van der Waals surface area (Å²) in [5.41, 5.74) is 1.76. The Labute approximate surface area is 231 Å². The van der Waals surface area contributed by atoms with Crippen molar-refractivity contribution in [1.29, 1.82) is 0 Å². The number of carbonyl (C=O) groups excluding carboxylic acids is 1. The Morgan fingerprint density at radius 3 is 2.59 bits per heavy atom. The third-order valence-electron chi connectivity index (χ3n) is 9.58. The van der Waals surface area contributed by atoms with Crippen LogP contribution >= 0.6 is 11.3 Å². The van der Waals surface area contributed by atoms with Crippen molar-refractivity contribution >= 4 is 38.9 Å². The molecule has 5 nitrogen and oxygen atoms in total. The lowest BCUT2D eigenvalue weighted by atomic mass is 9.43. The summed E-state index contributed by atoms with van der Waals surface area (Å²) >= 11 is 1.76. The number of ether oxygens (including phenoxy) is 1. The molecule has 6 heteroatoms. The second kappa shape index (κ2) is 8.55. The molecule has 4 atom stereocenters. The molecule has 0 spiro atoms. The summed E-state index contributed by atoms with van der Waals surface area (Å²) in [4.78, 5) is 30.4. The van der Waals surface area contributed by atoms with Gasteiger partial charge in [-0.1, -0.05) is 67.2 Å². The number of para-hydroxylation sites is 1. The topological polar surface area (TPSA) is 66.8 Å². The molecule has 39 heavy (non-hydrogen) atoms. The lowest BCUT2D eigenvalue weighted by Gasteiger charge is -2.58. The number of carboxylic acid groups (broad SMARTS) is 1. The van der Waals surface area contributed by atoms with Crippen LogP contribution in [0.1, 0.15) is 40.3 Å². The quantitative estimate of drug-likeness (QED) is 0.303. The van der Waals surface area contributed by atoms with E-state index in [1.54, 1.807) is 23.3 Å². The van der Waals surface area contributed by atoms with E-state index in [1.165, 1.54) is 20.5 Å². The monoisotopic (exact) mass is 535 g/mol. The van der Waals surface area contributed by atoms with Crippen molar-refractivity contribution in [1.82, 2.24) is 4.90 Å². The normalized spacial score (nSPS) is 26.7. The van der Waals surface area contributed by atoms with Crippen molar-refractivity contribution in [2.24, 2.45) is 11.3 Å². The van der Waals surface area contributed by atoms with Crippen LogP contribution in [-0.4, -0.2) is 42.1 Å². The number of rotatable bonds is 5. The number of benzene rings is 3. The number of methoxy groups -OCH3 is 1. The number of thiophene rings is 1. The third kappa shape index (κ3) is 3.12. The molecule has 1 N–H and O–H groups in total. The van der Waals surface area contributed by atoms with E-state index in [0.29, 0.717) is 23.4 Å². The minimum Gasteiger partial charge on any atom is -0.496 e. The number of nitrogens with zero attached hydrogens (tertiary/aromatic N) is 1. The van der Waals surface area contributed by atoms with Crippen LogP contribution in [0.3, 0.4) is 0 Å². The summed E-state index contributed by atoms with van der Waals surface area (Å²) < 4.78 is 6.69. The molecule has 4 aromatic rings. The summed E-state index contributed by atoms with van der Waals surface area (Å²) in [5, 5.41) is 12.2. The number of hydrogen-bond acceptors (Lipinski definition) is 4. The van der Waals surface area contributed by atoms with Gasteiger partial charge in [-0.3, -0.25) is 9.59 Å². The highest BCUT2D eigenvalue weighted by Gasteiger charge is 2.71. The Bertz CT molecular complexity index is 1640. The van der Waals surface area contributed by atoms with Gasteiger partial charge in [0.25, 0.3) is 5.91 Å². The molecule has 0 unspecified atom stereocenters. The summed E-state index contributed by atoms with van der Waals surface area (Å²) in [6.07, 6.45) is 1.65. The highest BCUT2D eigenvalue weighted by Crippen LogP contribution is 2.69. The van der Waals surface area contributed by atoms with Crippen LogP contribution in [0, 0.1) is 11.3 Å². The number of amides is 1. The number of hydrogen-bond donors (Lipinski definition) is 1. The van der Waals surface area contributed by atoms with Gasteiger partial charge in [0.1, 0.15) is 5.75 Å². The molecule has 0 radical (unpaired) electrons. The van der Waals surface area contributed by atoms with E-state index in [9.17, 15) is 14.7 Å². The van der Waals surface area contributed by atoms with E-state index in [1.807, 2.05) is 42.5 Å². The molecule has 1 saturated heterocycles. The Morgan fingerprint density at radius 1 is 1.05 bits per heavy atom. The Morgan fingerprint density at radius 2 is 1.79 bits per heavy atom. The van der Waals surface area contributed by atoms with Crippen LogP contribution in [0.25, 0.3) is 15.7 Å². The predicted octanol–water partition coefficient (Wildman–Crippen LogP) is 6.33. The van der Waals surface area contributed by atoms with Crippen LogP contribution in [0.4, 0.5) is 0 Å². The van der Waals surface area contributed by atoms with Crippen LogP contribution in [0.15, 0.2) is 85.4 Å². The SMILES string of the molecule is C=C(C(=O)N1C[C@H]2[C@@]3(c4cc5ccccc5s4)CC[C@H](c4ccccc43)[C@@]2(C(=O)O)C1)c1ccccc1OC.